The topological polar surface area (TPSA) is 95.6 Å². The molecule has 0 radical (unpaired) electrons. The zero-order valence-corrected chi connectivity index (χ0v) is 19.2. The third-order valence-corrected chi connectivity index (χ3v) is 5.80. The molecule has 1 amide bonds. The fourth-order valence-electron chi connectivity index (χ4n) is 3.92. The van der Waals surface area contributed by atoms with E-state index in [2.05, 4.69) is 5.32 Å². The first kappa shape index (κ1) is 24.8. The van der Waals surface area contributed by atoms with Gasteiger partial charge in [0, 0.05) is 24.8 Å². The van der Waals surface area contributed by atoms with Gasteiger partial charge in [-0.3, -0.25) is 9.59 Å². The molecular formula is C23H32ClN3O4. The van der Waals surface area contributed by atoms with E-state index in [1.165, 1.54) is 0 Å². The van der Waals surface area contributed by atoms with E-state index >= 15 is 0 Å². The number of halogens is 1. The van der Waals surface area contributed by atoms with Crippen molar-refractivity contribution in [3.8, 4) is 11.5 Å². The molecule has 7 nitrogen and oxygen atoms in total. The van der Waals surface area contributed by atoms with Crippen molar-refractivity contribution in [2.75, 3.05) is 14.2 Å². The van der Waals surface area contributed by atoms with Gasteiger partial charge in [0.05, 0.1) is 14.2 Å². The number of aryl methyl sites for hydroxylation is 3. The predicted octanol–water partition coefficient (Wildman–Crippen LogP) is 2.84. The molecule has 0 saturated heterocycles. The quantitative estimate of drug-likeness (QED) is 0.677. The summed E-state index contributed by atoms with van der Waals surface area (Å²) >= 11 is 0. The Morgan fingerprint density at radius 3 is 2.45 bits per heavy atom. The van der Waals surface area contributed by atoms with Crippen molar-refractivity contribution in [2.45, 2.75) is 57.7 Å². The maximum absolute atomic E-state index is 13.0. The van der Waals surface area contributed by atoms with Crippen molar-refractivity contribution in [2.24, 2.45) is 5.73 Å². The van der Waals surface area contributed by atoms with Gasteiger partial charge in [0.15, 0.2) is 11.5 Å². The van der Waals surface area contributed by atoms with Crippen LogP contribution in [0.15, 0.2) is 35.3 Å². The highest BCUT2D eigenvalue weighted by molar-refractivity contribution is 5.95. The number of benzene rings is 1. The van der Waals surface area contributed by atoms with E-state index in [0.29, 0.717) is 30.0 Å². The highest BCUT2D eigenvalue weighted by Gasteiger charge is 2.23. The number of carbonyl (C=O) groups is 1. The van der Waals surface area contributed by atoms with Crippen molar-refractivity contribution in [1.82, 2.24) is 9.88 Å². The number of carbonyl (C=O) groups excluding carboxylic acids is 1. The number of ether oxygens (including phenoxy) is 2. The van der Waals surface area contributed by atoms with Gasteiger partial charge in [-0.15, -0.1) is 12.4 Å². The minimum absolute atomic E-state index is 0. The fourth-order valence-corrected chi connectivity index (χ4v) is 3.92. The summed E-state index contributed by atoms with van der Waals surface area (Å²) in [5, 5.41) is 3.03. The molecule has 1 heterocycles. The van der Waals surface area contributed by atoms with Crippen LogP contribution in [0, 0.1) is 6.92 Å². The number of aromatic nitrogens is 1. The number of hydrogen-bond donors (Lipinski definition) is 2. The number of pyridine rings is 1. The van der Waals surface area contributed by atoms with Crippen molar-refractivity contribution < 1.29 is 14.3 Å². The number of nitrogens with one attached hydrogen (secondary N) is 1. The molecule has 1 aromatic carbocycles. The van der Waals surface area contributed by atoms with Gasteiger partial charge in [-0.25, -0.2) is 0 Å². The molecule has 3 rings (SSSR count). The van der Waals surface area contributed by atoms with E-state index in [1.807, 2.05) is 24.3 Å². The Bertz CT molecular complexity index is 952. The van der Waals surface area contributed by atoms with Crippen molar-refractivity contribution in [3.63, 3.8) is 0 Å². The second kappa shape index (κ2) is 11.2. The zero-order valence-electron chi connectivity index (χ0n) is 18.3. The van der Waals surface area contributed by atoms with Gasteiger partial charge in [0.25, 0.3) is 11.5 Å². The van der Waals surface area contributed by atoms with Crippen LogP contribution in [0.25, 0.3) is 0 Å². The predicted molar refractivity (Wildman–Crippen MR) is 124 cm³/mol. The van der Waals surface area contributed by atoms with Crippen LogP contribution in [-0.4, -0.2) is 36.8 Å². The molecule has 31 heavy (non-hydrogen) atoms. The number of hydrogen-bond acceptors (Lipinski definition) is 5. The maximum Gasteiger partial charge on any atom is 0.263 e. The lowest BCUT2D eigenvalue weighted by Crippen LogP contribution is -2.43. The van der Waals surface area contributed by atoms with Crippen LogP contribution in [0.2, 0.25) is 0 Å². The minimum Gasteiger partial charge on any atom is -0.493 e. The van der Waals surface area contributed by atoms with Crippen LogP contribution in [-0.2, 0) is 13.0 Å². The highest BCUT2D eigenvalue weighted by Crippen LogP contribution is 2.27. The lowest BCUT2D eigenvalue weighted by atomic mass is 9.91. The SMILES string of the molecule is COc1ccc(CCn2ccc(C)c(C(=O)NC3CCC(N)CC3)c2=O)cc1OC.Cl. The smallest absolute Gasteiger partial charge is 0.263 e. The first-order valence-electron chi connectivity index (χ1n) is 10.4. The molecule has 0 unspecified atom stereocenters. The van der Waals surface area contributed by atoms with Crippen LogP contribution in [0.1, 0.15) is 47.2 Å². The summed E-state index contributed by atoms with van der Waals surface area (Å²) in [6.45, 7) is 2.26. The van der Waals surface area contributed by atoms with Crippen molar-refractivity contribution in [3.05, 3.63) is 57.5 Å². The molecule has 0 atom stereocenters. The van der Waals surface area contributed by atoms with Gasteiger partial charge in [0.1, 0.15) is 5.56 Å². The third-order valence-electron chi connectivity index (χ3n) is 5.80. The summed E-state index contributed by atoms with van der Waals surface area (Å²) in [6, 6.07) is 7.81. The Morgan fingerprint density at radius 1 is 1.13 bits per heavy atom. The molecule has 3 N–H and O–H groups in total. The van der Waals surface area contributed by atoms with E-state index in [9.17, 15) is 9.59 Å². The third kappa shape index (κ3) is 6.02. The normalized spacial score (nSPS) is 18.1. The molecule has 0 aliphatic heterocycles. The zero-order chi connectivity index (χ0) is 21.7. The molecule has 8 heteroatoms. The van der Waals surface area contributed by atoms with Gasteiger partial charge >= 0.3 is 0 Å². The van der Waals surface area contributed by atoms with Crippen molar-refractivity contribution >= 4 is 18.3 Å². The monoisotopic (exact) mass is 449 g/mol. The summed E-state index contributed by atoms with van der Waals surface area (Å²) in [5.41, 5.74) is 7.61. The Labute approximate surface area is 189 Å². The number of rotatable bonds is 7. The average molecular weight is 450 g/mol. The molecule has 1 saturated carbocycles. The second-order valence-electron chi connectivity index (χ2n) is 7.90. The van der Waals surface area contributed by atoms with Crippen LogP contribution in [0.4, 0.5) is 0 Å². The van der Waals surface area contributed by atoms with E-state index in [0.717, 1.165) is 31.2 Å². The van der Waals surface area contributed by atoms with E-state index in [-0.39, 0.29) is 41.5 Å². The van der Waals surface area contributed by atoms with Crippen molar-refractivity contribution in [1.29, 1.82) is 0 Å². The minimum atomic E-state index is -0.293. The number of nitrogens with two attached hydrogens (primary N) is 1. The Balaban J connectivity index is 0.00000341. The van der Waals surface area contributed by atoms with Crippen LogP contribution >= 0.6 is 12.4 Å². The molecule has 0 bridgehead atoms. The summed E-state index contributed by atoms with van der Waals surface area (Å²) in [7, 11) is 3.19. The average Bonchev–Trinajstić information content (AvgIpc) is 2.74. The molecular weight excluding hydrogens is 418 g/mol. The van der Waals surface area contributed by atoms with E-state index in [4.69, 9.17) is 15.2 Å². The number of nitrogens with zero attached hydrogens (tertiary/aromatic N) is 1. The maximum atomic E-state index is 13.0. The molecule has 1 aliphatic carbocycles. The first-order valence-corrected chi connectivity index (χ1v) is 10.4. The standard InChI is InChI=1S/C23H31N3O4.ClH/c1-15-10-12-26(13-11-16-4-9-19(29-2)20(14-16)30-3)23(28)21(15)22(27)25-18-7-5-17(24)6-8-18;/h4,9-10,12,14,17-18H,5-8,11,13,24H2,1-3H3,(H,25,27);1H. The summed E-state index contributed by atoms with van der Waals surface area (Å²) in [5.74, 6) is 1.02. The summed E-state index contributed by atoms with van der Waals surface area (Å²) in [4.78, 5) is 25.8. The first-order chi connectivity index (χ1) is 14.4. The van der Waals surface area contributed by atoms with E-state index < -0.39 is 0 Å². The number of methoxy groups -OCH3 is 2. The fraction of sp³-hybridized carbons (Fsp3) is 0.478. The van der Waals surface area contributed by atoms with E-state index in [1.54, 1.807) is 31.9 Å². The van der Waals surface area contributed by atoms with Crippen LogP contribution in [0.3, 0.4) is 0 Å². The Hall–Kier alpha value is -2.51. The second-order valence-corrected chi connectivity index (χ2v) is 7.90. The van der Waals surface area contributed by atoms with Gasteiger partial charge in [-0.05, 0) is 68.4 Å². The van der Waals surface area contributed by atoms with Gasteiger partial charge in [-0.1, -0.05) is 6.07 Å². The Kier molecular flexibility index (Phi) is 8.95. The molecule has 1 fully saturated rings. The summed E-state index contributed by atoms with van der Waals surface area (Å²) in [6.07, 6.45) is 5.88. The van der Waals surface area contributed by atoms with Gasteiger partial charge in [-0.2, -0.15) is 0 Å². The lowest BCUT2D eigenvalue weighted by Gasteiger charge is -2.27. The van der Waals surface area contributed by atoms with Crippen LogP contribution in [0.5, 0.6) is 11.5 Å². The molecule has 0 spiro atoms. The largest absolute Gasteiger partial charge is 0.493 e. The van der Waals surface area contributed by atoms with Gasteiger partial charge in [0.2, 0.25) is 0 Å². The summed E-state index contributed by atoms with van der Waals surface area (Å²) < 4.78 is 12.2. The van der Waals surface area contributed by atoms with Gasteiger partial charge < -0.3 is 25.1 Å². The molecule has 2 aromatic rings. The lowest BCUT2D eigenvalue weighted by molar-refractivity contribution is 0.0923. The molecule has 1 aliphatic rings. The van der Waals surface area contributed by atoms with Crippen LogP contribution < -0.4 is 26.1 Å². The highest BCUT2D eigenvalue weighted by atomic mass is 35.5. The number of amides is 1. The Morgan fingerprint density at radius 2 is 1.81 bits per heavy atom. The molecule has 1 aromatic heterocycles. The molecule has 170 valence electrons.